The summed E-state index contributed by atoms with van der Waals surface area (Å²) in [6.07, 6.45) is 0. The quantitative estimate of drug-likeness (QED) is 0.314. The zero-order valence-electron chi connectivity index (χ0n) is 21.9. The fourth-order valence-electron chi connectivity index (χ4n) is 3.88. The number of carbonyl (C=O) groups excluding carboxylic acids is 2. The SMILES string of the molecule is CCNC(=O)C(C)N(Cc1c(Cl)cccc1Cl)C(=O)CN(c1ccccc1)S(=O)(=O)c1ccc(OCC)cc1. The van der Waals surface area contributed by atoms with Crippen molar-refractivity contribution in [2.24, 2.45) is 0 Å². The second-order valence-electron chi connectivity index (χ2n) is 8.54. The van der Waals surface area contributed by atoms with Gasteiger partial charge in [-0.1, -0.05) is 47.5 Å². The van der Waals surface area contributed by atoms with Gasteiger partial charge in [0.2, 0.25) is 11.8 Å². The molecule has 2 amide bonds. The average molecular weight is 593 g/mol. The molecular formula is C28H31Cl2N3O5S. The van der Waals surface area contributed by atoms with Gasteiger partial charge in [0.05, 0.1) is 17.2 Å². The predicted octanol–water partition coefficient (Wildman–Crippen LogP) is 5.14. The zero-order chi connectivity index (χ0) is 28.6. The van der Waals surface area contributed by atoms with Gasteiger partial charge in [-0.3, -0.25) is 13.9 Å². The summed E-state index contributed by atoms with van der Waals surface area (Å²) >= 11 is 12.7. The van der Waals surface area contributed by atoms with Crippen LogP contribution in [0.3, 0.4) is 0 Å². The number of benzene rings is 3. The third-order valence-electron chi connectivity index (χ3n) is 5.95. The third kappa shape index (κ3) is 7.44. The lowest BCUT2D eigenvalue weighted by molar-refractivity contribution is -0.139. The maximum atomic E-state index is 13.9. The molecule has 0 aliphatic heterocycles. The number of nitrogens with one attached hydrogen (secondary N) is 1. The van der Waals surface area contributed by atoms with Crippen molar-refractivity contribution in [2.45, 2.75) is 38.3 Å². The molecule has 39 heavy (non-hydrogen) atoms. The van der Waals surface area contributed by atoms with E-state index in [2.05, 4.69) is 5.32 Å². The molecule has 3 rings (SSSR count). The molecule has 0 aromatic heterocycles. The summed E-state index contributed by atoms with van der Waals surface area (Å²) in [6.45, 7) is 5.30. The highest BCUT2D eigenvalue weighted by molar-refractivity contribution is 7.92. The monoisotopic (exact) mass is 591 g/mol. The van der Waals surface area contributed by atoms with E-state index >= 15 is 0 Å². The summed E-state index contributed by atoms with van der Waals surface area (Å²) in [7, 11) is -4.18. The highest BCUT2D eigenvalue weighted by Gasteiger charge is 2.33. The number of para-hydroxylation sites is 1. The van der Waals surface area contributed by atoms with Crippen LogP contribution in [-0.4, -0.2) is 50.9 Å². The lowest BCUT2D eigenvalue weighted by atomic mass is 10.1. The molecule has 3 aromatic rings. The normalized spacial score (nSPS) is 11.9. The van der Waals surface area contributed by atoms with Gasteiger partial charge in [0.25, 0.3) is 10.0 Å². The Balaban J connectivity index is 2.03. The number of sulfonamides is 1. The van der Waals surface area contributed by atoms with Gasteiger partial charge in [-0.05, 0) is 69.3 Å². The van der Waals surface area contributed by atoms with Crippen LogP contribution >= 0.6 is 23.2 Å². The van der Waals surface area contributed by atoms with Gasteiger partial charge in [0, 0.05) is 28.7 Å². The molecule has 0 saturated heterocycles. The minimum Gasteiger partial charge on any atom is -0.494 e. The van der Waals surface area contributed by atoms with Crippen LogP contribution in [0.5, 0.6) is 5.75 Å². The van der Waals surface area contributed by atoms with Crippen LogP contribution < -0.4 is 14.4 Å². The first kappa shape index (κ1) is 30.3. The molecule has 0 saturated carbocycles. The number of hydrogen-bond acceptors (Lipinski definition) is 5. The number of rotatable bonds is 12. The molecule has 1 N–H and O–H groups in total. The Morgan fingerprint density at radius 1 is 0.923 bits per heavy atom. The van der Waals surface area contributed by atoms with Crippen molar-refractivity contribution in [3.05, 3.63) is 88.4 Å². The van der Waals surface area contributed by atoms with Gasteiger partial charge in [0.1, 0.15) is 18.3 Å². The second-order valence-corrected chi connectivity index (χ2v) is 11.2. The van der Waals surface area contributed by atoms with E-state index in [1.54, 1.807) is 74.5 Å². The first-order chi connectivity index (χ1) is 18.6. The zero-order valence-corrected chi connectivity index (χ0v) is 24.3. The van der Waals surface area contributed by atoms with Crippen molar-refractivity contribution < 1.29 is 22.7 Å². The molecule has 0 heterocycles. The van der Waals surface area contributed by atoms with Crippen LogP contribution in [-0.2, 0) is 26.2 Å². The number of halogens is 2. The summed E-state index contributed by atoms with van der Waals surface area (Å²) in [5.41, 5.74) is 0.743. The van der Waals surface area contributed by atoms with Crippen LogP contribution in [0.25, 0.3) is 0 Å². The second kappa shape index (κ2) is 13.7. The van der Waals surface area contributed by atoms with E-state index in [4.69, 9.17) is 27.9 Å². The number of likely N-dealkylation sites (N-methyl/N-ethyl adjacent to an activating group) is 1. The first-order valence-electron chi connectivity index (χ1n) is 12.4. The van der Waals surface area contributed by atoms with Crippen LogP contribution in [0, 0.1) is 0 Å². The van der Waals surface area contributed by atoms with E-state index in [1.165, 1.54) is 17.0 Å². The Kier molecular flexibility index (Phi) is 10.6. The fourth-order valence-corrected chi connectivity index (χ4v) is 5.81. The molecule has 0 aliphatic carbocycles. The van der Waals surface area contributed by atoms with Crippen LogP contribution in [0.1, 0.15) is 26.3 Å². The lowest BCUT2D eigenvalue weighted by Gasteiger charge is -2.32. The molecule has 1 atom stereocenters. The van der Waals surface area contributed by atoms with E-state index in [0.717, 1.165) is 4.31 Å². The first-order valence-corrected chi connectivity index (χ1v) is 14.6. The van der Waals surface area contributed by atoms with Crippen LogP contribution in [0.4, 0.5) is 5.69 Å². The Morgan fingerprint density at radius 2 is 1.54 bits per heavy atom. The summed E-state index contributed by atoms with van der Waals surface area (Å²) in [5, 5.41) is 3.36. The molecule has 0 radical (unpaired) electrons. The fraction of sp³-hybridized carbons (Fsp3) is 0.286. The molecule has 0 spiro atoms. The molecule has 11 heteroatoms. The molecule has 0 fully saturated rings. The van der Waals surface area contributed by atoms with E-state index in [9.17, 15) is 18.0 Å². The molecule has 208 valence electrons. The average Bonchev–Trinajstić information content (AvgIpc) is 2.92. The number of nitrogens with zero attached hydrogens (tertiary/aromatic N) is 2. The van der Waals surface area contributed by atoms with E-state index in [1.807, 2.05) is 6.92 Å². The lowest BCUT2D eigenvalue weighted by Crippen LogP contribution is -2.51. The summed E-state index contributed by atoms with van der Waals surface area (Å²) in [5.74, 6) is -0.477. The van der Waals surface area contributed by atoms with Gasteiger partial charge in [-0.25, -0.2) is 8.42 Å². The number of hydrogen-bond donors (Lipinski definition) is 1. The number of amides is 2. The Hall–Kier alpha value is -3.27. The maximum absolute atomic E-state index is 13.9. The van der Waals surface area contributed by atoms with E-state index < -0.39 is 34.4 Å². The van der Waals surface area contributed by atoms with Crippen LogP contribution in [0.2, 0.25) is 10.0 Å². The van der Waals surface area contributed by atoms with Crippen molar-refractivity contribution in [3.8, 4) is 5.75 Å². The Morgan fingerprint density at radius 3 is 2.10 bits per heavy atom. The highest BCUT2D eigenvalue weighted by atomic mass is 35.5. The molecule has 0 bridgehead atoms. The van der Waals surface area contributed by atoms with E-state index in [0.29, 0.717) is 40.2 Å². The Bertz CT molecular complexity index is 1370. The predicted molar refractivity (Wildman–Crippen MR) is 154 cm³/mol. The largest absolute Gasteiger partial charge is 0.494 e. The van der Waals surface area contributed by atoms with Crippen molar-refractivity contribution in [2.75, 3.05) is 24.0 Å². The molecule has 0 aliphatic rings. The molecular weight excluding hydrogens is 561 g/mol. The third-order valence-corrected chi connectivity index (χ3v) is 8.45. The smallest absolute Gasteiger partial charge is 0.264 e. The van der Waals surface area contributed by atoms with Crippen molar-refractivity contribution in [1.29, 1.82) is 0 Å². The summed E-state index contributed by atoms with van der Waals surface area (Å²) < 4.78 is 34.1. The minimum atomic E-state index is -4.18. The Labute approximate surface area is 239 Å². The molecule has 3 aromatic carbocycles. The standard InChI is InChI=1S/C28H31Cl2N3O5S/c1-4-31-28(35)20(3)32(18-24-25(29)12-9-13-26(24)30)27(34)19-33(21-10-7-6-8-11-21)39(36,37)23-16-14-22(15-17-23)38-5-2/h6-17,20H,4-5,18-19H2,1-3H3,(H,31,35). The molecule has 1 unspecified atom stereocenters. The van der Waals surface area contributed by atoms with E-state index in [-0.39, 0.29) is 11.4 Å². The van der Waals surface area contributed by atoms with Crippen LogP contribution in [0.15, 0.2) is 77.7 Å². The summed E-state index contributed by atoms with van der Waals surface area (Å²) in [4.78, 5) is 27.9. The van der Waals surface area contributed by atoms with Gasteiger partial charge in [0.15, 0.2) is 0 Å². The topological polar surface area (TPSA) is 96.0 Å². The number of ether oxygens (including phenoxy) is 1. The van der Waals surface area contributed by atoms with Crippen molar-refractivity contribution in [1.82, 2.24) is 10.2 Å². The maximum Gasteiger partial charge on any atom is 0.264 e. The van der Waals surface area contributed by atoms with Gasteiger partial charge < -0.3 is 15.0 Å². The number of carbonyl (C=O) groups is 2. The highest BCUT2D eigenvalue weighted by Crippen LogP contribution is 2.28. The van der Waals surface area contributed by atoms with Gasteiger partial charge in [-0.2, -0.15) is 0 Å². The van der Waals surface area contributed by atoms with Gasteiger partial charge >= 0.3 is 0 Å². The summed E-state index contributed by atoms with van der Waals surface area (Å²) in [6, 6.07) is 18.3. The number of anilines is 1. The van der Waals surface area contributed by atoms with Gasteiger partial charge in [-0.15, -0.1) is 0 Å². The minimum absolute atomic E-state index is 0.0138. The van der Waals surface area contributed by atoms with Crippen molar-refractivity contribution >= 4 is 50.7 Å². The molecule has 8 nitrogen and oxygen atoms in total. The van der Waals surface area contributed by atoms with Crippen molar-refractivity contribution in [3.63, 3.8) is 0 Å².